The highest BCUT2D eigenvalue weighted by Gasteiger charge is 2.15. The molecule has 0 saturated carbocycles. The topological polar surface area (TPSA) is 33.1 Å². The molecule has 0 bridgehead atoms. The summed E-state index contributed by atoms with van der Waals surface area (Å²) in [5.41, 5.74) is 3.03. The zero-order valence-corrected chi connectivity index (χ0v) is 11.8. The van der Waals surface area contributed by atoms with Gasteiger partial charge in [0.15, 0.2) is 0 Å². The molecule has 1 heterocycles. The van der Waals surface area contributed by atoms with Crippen LogP contribution in [0.15, 0.2) is 54.7 Å². The van der Waals surface area contributed by atoms with Crippen LogP contribution in [0.2, 0.25) is 0 Å². The lowest BCUT2D eigenvalue weighted by molar-refractivity contribution is 0.174. The highest BCUT2D eigenvalue weighted by atomic mass is 19.1. The first-order valence-electron chi connectivity index (χ1n) is 6.92. The van der Waals surface area contributed by atoms with Crippen molar-refractivity contribution in [1.82, 2.24) is 4.98 Å². The molecule has 3 rings (SSSR count). The molecule has 0 radical (unpaired) electrons. The number of aliphatic hydroxyl groups excluding tert-OH is 1. The van der Waals surface area contributed by atoms with Gasteiger partial charge in [-0.3, -0.25) is 4.98 Å². The van der Waals surface area contributed by atoms with E-state index in [2.05, 4.69) is 4.98 Å². The number of nitrogens with zero attached hydrogens (tertiary/aromatic N) is 1. The molecule has 0 aliphatic carbocycles. The minimum Gasteiger partial charge on any atom is -0.388 e. The third-order valence-electron chi connectivity index (χ3n) is 3.67. The van der Waals surface area contributed by atoms with Crippen LogP contribution in [-0.4, -0.2) is 10.1 Å². The first-order chi connectivity index (χ1) is 10.1. The summed E-state index contributed by atoms with van der Waals surface area (Å²) >= 11 is 0. The molecule has 1 N–H and O–H groups in total. The van der Waals surface area contributed by atoms with Crippen LogP contribution >= 0.6 is 0 Å². The summed E-state index contributed by atoms with van der Waals surface area (Å²) < 4.78 is 13.9. The SMILES string of the molecule is Cc1ccc(C(O)Cc2ccnc3ccccc23)c(F)c1. The smallest absolute Gasteiger partial charge is 0.129 e. The maximum atomic E-state index is 13.9. The Morgan fingerprint density at radius 1 is 1.14 bits per heavy atom. The maximum absolute atomic E-state index is 13.9. The van der Waals surface area contributed by atoms with E-state index in [0.717, 1.165) is 22.0 Å². The van der Waals surface area contributed by atoms with Gasteiger partial charge in [0.25, 0.3) is 0 Å². The van der Waals surface area contributed by atoms with Crippen molar-refractivity contribution in [1.29, 1.82) is 0 Å². The Hall–Kier alpha value is -2.26. The normalized spacial score (nSPS) is 12.5. The molecule has 3 aromatic rings. The van der Waals surface area contributed by atoms with Crippen molar-refractivity contribution >= 4 is 10.9 Å². The van der Waals surface area contributed by atoms with Gasteiger partial charge in [0.05, 0.1) is 11.6 Å². The molecular weight excluding hydrogens is 265 g/mol. The second-order valence-corrected chi connectivity index (χ2v) is 5.23. The summed E-state index contributed by atoms with van der Waals surface area (Å²) in [6.07, 6.45) is 1.22. The lowest BCUT2D eigenvalue weighted by Crippen LogP contribution is -2.05. The lowest BCUT2D eigenvalue weighted by atomic mass is 9.98. The van der Waals surface area contributed by atoms with E-state index >= 15 is 0 Å². The van der Waals surface area contributed by atoms with Gasteiger partial charge in [-0.15, -0.1) is 0 Å². The van der Waals surface area contributed by atoms with Crippen LogP contribution in [0.25, 0.3) is 10.9 Å². The Morgan fingerprint density at radius 3 is 2.76 bits per heavy atom. The molecule has 0 fully saturated rings. The largest absolute Gasteiger partial charge is 0.388 e. The van der Waals surface area contributed by atoms with Crippen LogP contribution in [0.4, 0.5) is 4.39 Å². The molecular formula is C18H16FNO. The molecule has 0 amide bonds. The van der Waals surface area contributed by atoms with Crippen molar-refractivity contribution in [3.8, 4) is 0 Å². The minimum atomic E-state index is -0.864. The van der Waals surface area contributed by atoms with Gasteiger partial charge < -0.3 is 5.11 Å². The standard InChI is InChI=1S/C18H16FNO/c1-12-6-7-15(16(19)10-12)18(21)11-13-8-9-20-17-5-3-2-4-14(13)17/h2-10,18,21H,11H2,1H3. The monoisotopic (exact) mass is 281 g/mol. The molecule has 0 aliphatic rings. The zero-order chi connectivity index (χ0) is 14.8. The first-order valence-corrected chi connectivity index (χ1v) is 6.92. The van der Waals surface area contributed by atoms with E-state index in [-0.39, 0.29) is 5.82 Å². The number of para-hydroxylation sites is 1. The van der Waals surface area contributed by atoms with Gasteiger partial charge >= 0.3 is 0 Å². The summed E-state index contributed by atoms with van der Waals surface area (Å²) in [5.74, 6) is -0.360. The second kappa shape index (κ2) is 5.62. The maximum Gasteiger partial charge on any atom is 0.129 e. The van der Waals surface area contributed by atoms with Gasteiger partial charge in [-0.05, 0) is 36.2 Å². The highest BCUT2D eigenvalue weighted by Crippen LogP contribution is 2.25. The van der Waals surface area contributed by atoms with E-state index in [0.29, 0.717) is 12.0 Å². The van der Waals surface area contributed by atoms with Gasteiger partial charge in [-0.2, -0.15) is 0 Å². The number of rotatable bonds is 3. The molecule has 0 saturated heterocycles. The molecule has 3 heteroatoms. The molecule has 0 aliphatic heterocycles. The summed E-state index contributed by atoms with van der Waals surface area (Å²) in [6, 6.07) is 14.5. The molecule has 1 aromatic heterocycles. The average Bonchev–Trinajstić information content (AvgIpc) is 2.47. The number of benzene rings is 2. The Morgan fingerprint density at radius 2 is 1.95 bits per heavy atom. The summed E-state index contributed by atoms with van der Waals surface area (Å²) in [5, 5.41) is 11.3. The Labute approximate surface area is 122 Å². The first kappa shape index (κ1) is 13.7. The van der Waals surface area contributed by atoms with Crippen LogP contribution in [0, 0.1) is 12.7 Å². The highest BCUT2D eigenvalue weighted by molar-refractivity contribution is 5.81. The van der Waals surface area contributed by atoms with Gasteiger partial charge in [0.2, 0.25) is 0 Å². The Balaban J connectivity index is 1.94. The molecule has 1 unspecified atom stereocenters. The molecule has 0 spiro atoms. The Bertz CT molecular complexity index is 780. The number of aryl methyl sites for hydroxylation is 1. The van der Waals surface area contributed by atoms with Gasteiger partial charge in [-0.25, -0.2) is 4.39 Å². The molecule has 21 heavy (non-hydrogen) atoms. The van der Waals surface area contributed by atoms with Gasteiger partial charge in [-0.1, -0.05) is 30.3 Å². The van der Waals surface area contributed by atoms with Crippen molar-refractivity contribution in [3.63, 3.8) is 0 Å². The van der Waals surface area contributed by atoms with Crippen LogP contribution in [0.1, 0.15) is 22.8 Å². The van der Waals surface area contributed by atoms with E-state index < -0.39 is 6.10 Å². The third kappa shape index (κ3) is 2.78. The second-order valence-electron chi connectivity index (χ2n) is 5.23. The van der Waals surface area contributed by atoms with Crippen molar-refractivity contribution in [2.45, 2.75) is 19.4 Å². The molecule has 1 atom stereocenters. The zero-order valence-electron chi connectivity index (χ0n) is 11.8. The number of pyridine rings is 1. The minimum absolute atomic E-state index is 0.335. The van der Waals surface area contributed by atoms with E-state index in [4.69, 9.17) is 0 Å². The van der Waals surface area contributed by atoms with Gasteiger partial charge in [0, 0.05) is 23.6 Å². The number of hydrogen-bond acceptors (Lipinski definition) is 2. The van der Waals surface area contributed by atoms with Crippen LogP contribution < -0.4 is 0 Å². The number of halogens is 1. The van der Waals surface area contributed by atoms with Crippen molar-refractivity contribution in [2.24, 2.45) is 0 Å². The van der Waals surface area contributed by atoms with E-state index in [1.54, 1.807) is 12.3 Å². The fourth-order valence-corrected chi connectivity index (χ4v) is 2.55. The predicted molar refractivity (Wildman–Crippen MR) is 81.5 cm³/mol. The predicted octanol–water partition coefficient (Wildman–Crippen LogP) is 3.96. The number of fused-ring (bicyclic) bond motifs is 1. The summed E-state index contributed by atoms with van der Waals surface area (Å²) in [6.45, 7) is 1.83. The molecule has 106 valence electrons. The van der Waals surface area contributed by atoms with E-state index in [9.17, 15) is 9.50 Å². The van der Waals surface area contributed by atoms with Gasteiger partial charge in [0.1, 0.15) is 5.82 Å². The van der Waals surface area contributed by atoms with E-state index in [1.807, 2.05) is 43.3 Å². The van der Waals surface area contributed by atoms with Crippen molar-refractivity contribution in [3.05, 3.63) is 77.2 Å². The fraction of sp³-hybridized carbons (Fsp3) is 0.167. The van der Waals surface area contributed by atoms with E-state index in [1.165, 1.54) is 6.07 Å². The van der Waals surface area contributed by atoms with Crippen LogP contribution in [0.5, 0.6) is 0 Å². The number of aliphatic hydroxyl groups is 1. The van der Waals surface area contributed by atoms with Crippen LogP contribution in [0.3, 0.4) is 0 Å². The van der Waals surface area contributed by atoms with Crippen molar-refractivity contribution < 1.29 is 9.50 Å². The average molecular weight is 281 g/mol. The third-order valence-corrected chi connectivity index (χ3v) is 3.67. The number of aromatic nitrogens is 1. The summed E-state index contributed by atoms with van der Waals surface area (Å²) in [4.78, 5) is 4.30. The molecule has 2 nitrogen and oxygen atoms in total. The van der Waals surface area contributed by atoms with Crippen LogP contribution in [-0.2, 0) is 6.42 Å². The quantitative estimate of drug-likeness (QED) is 0.788. The lowest BCUT2D eigenvalue weighted by Gasteiger charge is -2.14. The number of hydrogen-bond donors (Lipinski definition) is 1. The molecule has 2 aromatic carbocycles. The summed E-state index contributed by atoms with van der Waals surface area (Å²) in [7, 11) is 0. The fourth-order valence-electron chi connectivity index (χ4n) is 2.55. The van der Waals surface area contributed by atoms with Crippen molar-refractivity contribution in [2.75, 3.05) is 0 Å². The Kier molecular flexibility index (Phi) is 3.67.